The maximum atomic E-state index is 10.6. The molecule has 0 radical (unpaired) electrons. The second kappa shape index (κ2) is 41.6. The van der Waals surface area contributed by atoms with Gasteiger partial charge in [-0.1, -0.05) is 199 Å². The average molecular weight is 1560 g/mol. The topological polar surface area (TPSA) is 38.8 Å². The number of nitrogens with zero attached hydrogens (tertiary/aromatic N) is 3. The maximum absolute atomic E-state index is 10.6. The Bertz CT molecular complexity index is 2510. The summed E-state index contributed by atoms with van der Waals surface area (Å²) in [7, 11) is 6.46. The molecular weight excluding hydrogens is 1460 g/mol. The van der Waals surface area contributed by atoms with Crippen molar-refractivity contribution in [2.24, 2.45) is 11.8 Å². The summed E-state index contributed by atoms with van der Waals surface area (Å²) < 4.78 is 0.854. The summed E-state index contributed by atoms with van der Waals surface area (Å²) in [6.07, 6.45) is 28.9. The normalized spacial score (nSPS) is 18.2. The van der Waals surface area contributed by atoms with Gasteiger partial charge < -0.3 is 26.9 Å². The number of allylic oxidation sites excluding steroid dienone is 7. The minimum absolute atomic E-state index is 0. The molecule has 4 aromatic rings. The van der Waals surface area contributed by atoms with Crippen LogP contribution in [-0.2, 0) is 35.4 Å². The number of hydrogen-bond donors (Lipinski definition) is 1. The van der Waals surface area contributed by atoms with Gasteiger partial charge in [0.15, 0.2) is 0 Å². The third-order valence-electron chi connectivity index (χ3n) is 15.1. The number of carbonyl (C=O) groups is 1. The van der Waals surface area contributed by atoms with Crippen LogP contribution < -0.4 is 5.32 Å². The van der Waals surface area contributed by atoms with Crippen LogP contribution in [0.2, 0.25) is 0 Å². The molecule has 0 amide bonds. The van der Waals surface area contributed by atoms with E-state index in [0.29, 0.717) is 5.78 Å². The van der Waals surface area contributed by atoms with E-state index in [4.69, 9.17) is 0 Å². The zero-order chi connectivity index (χ0) is 54.7. The third-order valence-corrected chi connectivity index (χ3v) is 15.9. The fraction of sp³-hybridized carbons (Fsp3) is 0.478. The van der Waals surface area contributed by atoms with Gasteiger partial charge in [-0.2, -0.15) is 6.42 Å². The molecule has 436 valence electrons. The molecule has 12 rings (SSSR count). The van der Waals surface area contributed by atoms with Crippen molar-refractivity contribution in [2.45, 2.75) is 130 Å². The van der Waals surface area contributed by atoms with Gasteiger partial charge in [0.25, 0.3) is 0 Å². The molecule has 5 nitrogen and oxygen atoms in total. The van der Waals surface area contributed by atoms with Gasteiger partial charge in [0, 0.05) is 42.9 Å². The first-order chi connectivity index (χ1) is 36.8. The number of piperidine rings is 3. The van der Waals surface area contributed by atoms with E-state index in [-0.39, 0.29) is 27.2 Å². The van der Waals surface area contributed by atoms with Gasteiger partial charge in [-0.05, 0) is 190 Å². The van der Waals surface area contributed by atoms with Crippen LogP contribution in [0.3, 0.4) is 0 Å². The van der Waals surface area contributed by atoms with Crippen LogP contribution in [0.4, 0.5) is 0 Å². The molecule has 3 fully saturated rings. The number of ketones is 1. The second-order valence-electron chi connectivity index (χ2n) is 20.9. The van der Waals surface area contributed by atoms with Crippen molar-refractivity contribution < 1.29 is 9.72 Å². The Morgan fingerprint density at radius 3 is 1.47 bits per heavy atom. The number of Topliss-reactive ketones (excluding diaryl/α,β-unsaturated/α-hetero) is 1. The molecular formula is C69H100I4N4OV-. The van der Waals surface area contributed by atoms with Gasteiger partial charge in [-0.3, -0.25) is 4.79 Å². The van der Waals surface area contributed by atoms with Gasteiger partial charge in [-0.25, -0.2) is 0 Å². The molecule has 4 aliphatic carbocycles. The Balaban J connectivity index is 0.000000323. The summed E-state index contributed by atoms with van der Waals surface area (Å²) in [5.41, 5.74) is 18.2. The van der Waals surface area contributed by atoms with E-state index in [1.165, 1.54) is 121 Å². The number of likely N-dealkylation sites (tertiary alicyclic amines) is 2. The molecule has 1 unspecified atom stereocenters. The first-order valence-electron chi connectivity index (χ1n) is 28.1. The van der Waals surface area contributed by atoms with Crippen molar-refractivity contribution in [2.75, 3.05) is 73.5 Å². The van der Waals surface area contributed by atoms with E-state index in [0.717, 1.165) is 80.3 Å². The van der Waals surface area contributed by atoms with Crippen LogP contribution >= 0.6 is 82.5 Å². The number of nitrogens with one attached hydrogen (secondary N) is 1. The molecule has 0 bridgehead atoms. The Labute approximate surface area is 535 Å². The van der Waals surface area contributed by atoms with Gasteiger partial charge in [0.1, 0.15) is 5.78 Å². The summed E-state index contributed by atoms with van der Waals surface area (Å²) in [4.78, 5) is 17.3. The van der Waals surface area contributed by atoms with Crippen LogP contribution in [0.5, 0.6) is 0 Å². The summed E-state index contributed by atoms with van der Waals surface area (Å²) in [5, 5.41) is 3.43. The fourth-order valence-corrected chi connectivity index (χ4v) is 10.5. The van der Waals surface area contributed by atoms with Gasteiger partial charge in [0.2, 0.25) is 0 Å². The number of likely N-dealkylation sites (N-methyl/N-ethyl adjacent to an activating group) is 1. The Kier molecular flexibility index (Phi) is 38.8. The van der Waals surface area contributed by atoms with Crippen LogP contribution in [0.15, 0.2) is 133 Å². The number of fused-ring (bicyclic) bond motifs is 4. The molecule has 3 saturated heterocycles. The number of rotatable bonds is 4. The van der Waals surface area contributed by atoms with Gasteiger partial charge in [-0.15, -0.1) is 0 Å². The summed E-state index contributed by atoms with van der Waals surface area (Å²) in [6, 6.07) is 35.0. The summed E-state index contributed by atoms with van der Waals surface area (Å²) in [6.45, 7) is 19.0. The number of hydrogen-bond acceptors (Lipinski definition) is 5. The summed E-state index contributed by atoms with van der Waals surface area (Å²) in [5.74, 6) is 2.03. The molecule has 8 aliphatic rings. The van der Waals surface area contributed by atoms with E-state index in [2.05, 4.69) is 271 Å². The van der Waals surface area contributed by atoms with E-state index in [1.54, 1.807) is 16.7 Å². The first-order valence-corrected chi connectivity index (χ1v) is 42.9. The van der Waals surface area contributed by atoms with E-state index < -0.39 is 0 Å². The van der Waals surface area contributed by atoms with Gasteiger partial charge in [0.05, 0.1) is 0 Å². The van der Waals surface area contributed by atoms with Crippen LogP contribution in [0, 0.1) is 18.8 Å². The zero-order valence-electron chi connectivity index (χ0n) is 46.7. The molecule has 0 aromatic heterocycles. The van der Waals surface area contributed by atoms with Crippen molar-refractivity contribution in [3.05, 3.63) is 184 Å². The zero-order valence-corrected chi connectivity index (χ0v) is 56.7. The fourth-order valence-electron chi connectivity index (χ4n) is 10.5. The number of benzene rings is 4. The quantitative estimate of drug-likeness (QED) is 0.125. The minimum atomic E-state index is -0.278. The number of alkyl halides is 1. The molecule has 0 spiro atoms. The standard InChI is InChI=1S/C15H19N.C15H17N.C14H17N.C9H8.C6H11NO.C4H9I.C3H7.3CH4.3HI.V/c2*1-16-10-8-13(9-11-16)15-7-6-12-4-2-3-5-14(12)15;1-2-4-13-11(3-1)5-6-14(13)12-7-9-15-10-8-12;1-2-5-9-7-3-6-8(9)4-1;1-7-4-2-6(8)3-5-7;1-3-4(2)5;1-3-2;;;;;;;/h2-5,7,13H,6,8-11H2,1H3;2-5,7-8H,6,9-11H2,1H3;1-4,6,12,15H,5,7-10H2;1-6H,7H2;2-5H2,1H3;4H,3H2,1-2H3;1,3H2,2H3;3*1H4;3*1H;/q;;;;;;-1;;;;;;;+3/p-3. The molecule has 4 aliphatic heterocycles. The third kappa shape index (κ3) is 26.2. The Hall–Kier alpha value is -1.41. The molecule has 4 aromatic carbocycles. The molecule has 1 atom stereocenters. The molecule has 0 saturated carbocycles. The number of halogens is 4. The van der Waals surface area contributed by atoms with Crippen LogP contribution in [0.25, 0.3) is 22.8 Å². The monoisotopic (exact) mass is 1560 g/mol. The van der Waals surface area contributed by atoms with Crippen molar-refractivity contribution in [3.63, 3.8) is 0 Å². The predicted molar refractivity (Wildman–Crippen MR) is 383 cm³/mol. The number of carbonyl (C=O) groups excluding carboxylic acids is 1. The van der Waals surface area contributed by atoms with Crippen molar-refractivity contribution in [3.8, 4) is 0 Å². The average Bonchev–Trinajstić information content (AvgIpc) is 4.32. The second-order valence-corrected chi connectivity index (χ2v) is 58.4. The molecule has 10 heteroatoms. The van der Waals surface area contributed by atoms with Crippen LogP contribution in [0.1, 0.15) is 145 Å². The Morgan fingerprint density at radius 1 is 0.582 bits per heavy atom. The first kappa shape index (κ1) is 73.7. The SMILES string of the molecule is C.C.C.C1=C(C2CCNCC2)c2ccccc2C1.C1=Cc2ccccc2C1.CCC(C)I.CN1CC=C(C2=CCc3ccccc32)CC1.CN1CCC(=O)CC1.CN1CCC(C2=CCc3ccccc32)CC1.[CH2-]CC.[I][V]([I])[I]. The van der Waals surface area contributed by atoms with E-state index >= 15 is 0 Å². The molecule has 1 N–H and O–H groups in total. The van der Waals surface area contributed by atoms with Crippen molar-refractivity contribution in [1.29, 1.82) is 0 Å². The van der Waals surface area contributed by atoms with Crippen molar-refractivity contribution >= 4 is 111 Å². The van der Waals surface area contributed by atoms with Gasteiger partial charge >= 0.3 is 64.9 Å². The predicted octanol–water partition coefficient (Wildman–Crippen LogP) is 19.0. The molecule has 79 heavy (non-hydrogen) atoms. The van der Waals surface area contributed by atoms with E-state index in [1.807, 2.05) is 14.0 Å². The Morgan fingerprint density at radius 2 is 1.00 bits per heavy atom. The van der Waals surface area contributed by atoms with Crippen molar-refractivity contribution in [1.82, 2.24) is 20.0 Å². The summed E-state index contributed by atoms with van der Waals surface area (Å²) >= 11 is 9.79. The van der Waals surface area contributed by atoms with E-state index in [9.17, 15) is 4.79 Å². The molecule has 4 heterocycles. The van der Waals surface area contributed by atoms with Crippen LogP contribution in [-0.4, -0.2) is 97.9 Å².